The molecule has 1 aromatic heterocycles. The van der Waals surface area contributed by atoms with Crippen LogP contribution in [0.25, 0.3) is 0 Å². The van der Waals surface area contributed by atoms with E-state index in [2.05, 4.69) is 9.82 Å². The van der Waals surface area contributed by atoms with E-state index in [1.54, 1.807) is 4.68 Å². The first-order valence-electron chi connectivity index (χ1n) is 5.92. The molecule has 0 saturated heterocycles. The van der Waals surface area contributed by atoms with Crippen molar-refractivity contribution < 1.29 is 13.3 Å². The van der Waals surface area contributed by atoms with E-state index in [1.165, 1.54) is 12.4 Å². The first-order valence-corrected chi connectivity index (χ1v) is 7.41. The number of nitrogens with zero attached hydrogens (tertiary/aromatic N) is 3. The molecule has 0 saturated carbocycles. The van der Waals surface area contributed by atoms with Crippen LogP contribution in [-0.4, -0.2) is 23.1 Å². The third-order valence-corrected chi connectivity index (χ3v) is 4.16. The second-order valence-corrected chi connectivity index (χ2v) is 5.82. The van der Waals surface area contributed by atoms with Gasteiger partial charge in [-0.1, -0.05) is 0 Å². The normalized spacial score (nSPS) is 11.3. The molecule has 0 spiro atoms. The minimum absolute atomic E-state index is 0.195. The summed E-state index contributed by atoms with van der Waals surface area (Å²) in [5, 5.41) is 14.6. The van der Waals surface area contributed by atoms with E-state index in [0.717, 1.165) is 18.2 Å². The van der Waals surface area contributed by atoms with Gasteiger partial charge in [-0.3, -0.25) is 19.5 Å². The van der Waals surface area contributed by atoms with Crippen LogP contribution >= 0.6 is 0 Å². The summed E-state index contributed by atoms with van der Waals surface area (Å²) in [6.45, 7) is 2.46. The Morgan fingerprint density at radius 1 is 1.48 bits per heavy atom. The summed E-state index contributed by atoms with van der Waals surface area (Å²) in [5.74, 6) is 0. The van der Waals surface area contributed by atoms with Crippen LogP contribution in [0.3, 0.4) is 0 Å². The minimum Gasteiger partial charge on any atom is -0.397 e. The standard InChI is InChI=1S/C11H13N5O4S/c1-2-15-7-8(6-13-15)14-21(19,20)11-4-3-9(16(17)18)5-10(11)12/h3-7,14H,2,12H2,1H3. The number of nitro benzene ring substituents is 1. The molecule has 0 aliphatic carbocycles. The van der Waals surface area contributed by atoms with Crippen molar-refractivity contribution in [3.8, 4) is 0 Å². The van der Waals surface area contributed by atoms with Crippen LogP contribution in [0.5, 0.6) is 0 Å². The first kappa shape index (κ1) is 14.8. The van der Waals surface area contributed by atoms with E-state index in [0.29, 0.717) is 6.54 Å². The van der Waals surface area contributed by atoms with Gasteiger partial charge in [-0.05, 0) is 13.0 Å². The molecule has 21 heavy (non-hydrogen) atoms. The van der Waals surface area contributed by atoms with Crippen molar-refractivity contribution in [3.63, 3.8) is 0 Å². The molecular weight excluding hydrogens is 298 g/mol. The Morgan fingerprint density at radius 3 is 2.71 bits per heavy atom. The average Bonchev–Trinajstić information content (AvgIpc) is 2.85. The van der Waals surface area contributed by atoms with E-state index < -0.39 is 14.9 Å². The summed E-state index contributed by atoms with van der Waals surface area (Å²) in [5.41, 5.74) is 5.40. The second kappa shape index (κ2) is 5.40. The number of hydrogen-bond acceptors (Lipinski definition) is 6. The van der Waals surface area contributed by atoms with E-state index in [-0.39, 0.29) is 22.0 Å². The molecule has 3 N–H and O–H groups in total. The van der Waals surface area contributed by atoms with Gasteiger partial charge in [-0.2, -0.15) is 5.10 Å². The quantitative estimate of drug-likeness (QED) is 0.484. The van der Waals surface area contributed by atoms with Gasteiger partial charge >= 0.3 is 0 Å². The van der Waals surface area contributed by atoms with E-state index >= 15 is 0 Å². The predicted octanol–water partition coefficient (Wildman–Crippen LogP) is 1.19. The van der Waals surface area contributed by atoms with Gasteiger partial charge in [0.15, 0.2) is 0 Å². The lowest BCUT2D eigenvalue weighted by atomic mass is 10.3. The lowest BCUT2D eigenvalue weighted by Crippen LogP contribution is -2.14. The maximum Gasteiger partial charge on any atom is 0.271 e. The zero-order chi connectivity index (χ0) is 15.6. The molecular formula is C11H13N5O4S. The lowest BCUT2D eigenvalue weighted by molar-refractivity contribution is -0.384. The summed E-state index contributed by atoms with van der Waals surface area (Å²) in [4.78, 5) is 9.74. The number of benzene rings is 1. The Labute approximate surface area is 120 Å². The van der Waals surface area contributed by atoms with Crippen molar-refractivity contribution in [2.75, 3.05) is 10.5 Å². The number of nitrogens with two attached hydrogens (primary N) is 1. The van der Waals surface area contributed by atoms with Gasteiger partial charge in [-0.25, -0.2) is 8.42 Å². The predicted molar refractivity (Wildman–Crippen MR) is 76.2 cm³/mol. The van der Waals surface area contributed by atoms with Crippen LogP contribution in [0.1, 0.15) is 6.92 Å². The molecule has 0 atom stereocenters. The molecule has 0 amide bonds. The fourth-order valence-electron chi connectivity index (χ4n) is 1.69. The van der Waals surface area contributed by atoms with Crippen LogP contribution in [0.2, 0.25) is 0 Å². The SMILES string of the molecule is CCn1cc(NS(=O)(=O)c2ccc([N+](=O)[O-])cc2N)cn1. The minimum atomic E-state index is -3.93. The number of rotatable bonds is 5. The van der Waals surface area contributed by atoms with Gasteiger partial charge in [0, 0.05) is 24.9 Å². The molecule has 1 aromatic carbocycles. The summed E-state index contributed by atoms with van der Waals surface area (Å²) < 4.78 is 28.3. The molecule has 0 bridgehead atoms. The molecule has 1 heterocycles. The number of sulfonamides is 1. The van der Waals surface area contributed by atoms with Gasteiger partial charge in [0.05, 0.1) is 22.5 Å². The van der Waals surface area contributed by atoms with E-state index in [1.807, 2.05) is 6.92 Å². The van der Waals surface area contributed by atoms with Crippen LogP contribution in [-0.2, 0) is 16.6 Å². The monoisotopic (exact) mass is 311 g/mol. The summed E-state index contributed by atoms with van der Waals surface area (Å²) in [6, 6.07) is 3.18. The zero-order valence-corrected chi connectivity index (χ0v) is 11.9. The number of anilines is 2. The van der Waals surface area contributed by atoms with Gasteiger partial charge in [0.2, 0.25) is 0 Å². The van der Waals surface area contributed by atoms with Gasteiger partial charge in [-0.15, -0.1) is 0 Å². The molecule has 0 aliphatic rings. The van der Waals surface area contributed by atoms with Crippen molar-refractivity contribution in [3.05, 3.63) is 40.7 Å². The Hall–Kier alpha value is -2.62. The van der Waals surface area contributed by atoms with Crippen molar-refractivity contribution >= 4 is 27.1 Å². The van der Waals surface area contributed by atoms with E-state index in [4.69, 9.17) is 5.73 Å². The van der Waals surface area contributed by atoms with E-state index in [9.17, 15) is 18.5 Å². The highest BCUT2D eigenvalue weighted by Gasteiger charge is 2.20. The van der Waals surface area contributed by atoms with Gasteiger partial charge < -0.3 is 5.73 Å². The number of non-ortho nitro benzene ring substituents is 1. The number of aromatic nitrogens is 2. The summed E-state index contributed by atoms with van der Waals surface area (Å²) >= 11 is 0. The molecule has 2 rings (SSSR count). The topological polar surface area (TPSA) is 133 Å². The van der Waals surface area contributed by atoms with Crippen molar-refractivity contribution in [1.82, 2.24) is 9.78 Å². The molecule has 0 aliphatic heterocycles. The molecule has 0 fully saturated rings. The third kappa shape index (κ3) is 3.11. The van der Waals surface area contributed by atoms with Crippen LogP contribution in [0.15, 0.2) is 35.5 Å². The third-order valence-electron chi connectivity index (χ3n) is 2.70. The van der Waals surface area contributed by atoms with Crippen LogP contribution in [0, 0.1) is 10.1 Å². The molecule has 9 nitrogen and oxygen atoms in total. The highest BCUT2D eigenvalue weighted by Crippen LogP contribution is 2.25. The molecule has 112 valence electrons. The summed E-state index contributed by atoms with van der Waals surface area (Å²) in [7, 11) is -3.93. The van der Waals surface area contributed by atoms with Crippen molar-refractivity contribution in [1.29, 1.82) is 0 Å². The Morgan fingerprint density at radius 2 is 2.19 bits per heavy atom. The highest BCUT2D eigenvalue weighted by atomic mass is 32.2. The van der Waals surface area contributed by atoms with Crippen molar-refractivity contribution in [2.24, 2.45) is 0 Å². The smallest absolute Gasteiger partial charge is 0.271 e. The maximum absolute atomic E-state index is 12.2. The fourth-order valence-corrected chi connectivity index (χ4v) is 2.84. The Bertz CT molecular complexity index is 784. The number of hydrogen-bond donors (Lipinski definition) is 2. The number of nitrogen functional groups attached to an aromatic ring is 1. The Balaban J connectivity index is 2.33. The first-order chi connectivity index (χ1) is 9.83. The highest BCUT2D eigenvalue weighted by molar-refractivity contribution is 7.92. The lowest BCUT2D eigenvalue weighted by Gasteiger charge is -2.08. The fraction of sp³-hybridized carbons (Fsp3) is 0.182. The number of nitrogens with one attached hydrogen (secondary N) is 1. The number of nitro groups is 1. The maximum atomic E-state index is 12.2. The zero-order valence-electron chi connectivity index (χ0n) is 11.1. The summed E-state index contributed by atoms with van der Waals surface area (Å²) in [6.07, 6.45) is 2.89. The Kier molecular flexibility index (Phi) is 3.80. The molecule has 10 heteroatoms. The average molecular weight is 311 g/mol. The van der Waals surface area contributed by atoms with Gasteiger partial charge in [0.25, 0.3) is 15.7 Å². The molecule has 0 unspecified atom stereocenters. The molecule has 0 radical (unpaired) electrons. The van der Waals surface area contributed by atoms with Crippen LogP contribution < -0.4 is 10.5 Å². The molecule has 2 aromatic rings. The van der Waals surface area contributed by atoms with Crippen molar-refractivity contribution in [2.45, 2.75) is 18.4 Å². The van der Waals surface area contributed by atoms with Gasteiger partial charge in [0.1, 0.15) is 4.90 Å². The largest absolute Gasteiger partial charge is 0.397 e. The number of aryl methyl sites for hydroxylation is 1. The van der Waals surface area contributed by atoms with Crippen LogP contribution in [0.4, 0.5) is 17.1 Å². The second-order valence-electron chi connectivity index (χ2n) is 4.17.